The number of nitrogens with one attached hydrogen (secondary N) is 1. The van der Waals surface area contributed by atoms with E-state index >= 15 is 0 Å². The van der Waals surface area contributed by atoms with Crippen LogP contribution in [0.25, 0.3) is 0 Å². The number of para-hydroxylation sites is 1. The second kappa shape index (κ2) is 12.7. The molecule has 0 spiro atoms. The third-order valence-corrected chi connectivity index (χ3v) is 6.67. The lowest BCUT2D eigenvalue weighted by atomic mass is 9.78. The van der Waals surface area contributed by atoms with Crippen LogP contribution in [-0.4, -0.2) is 46.3 Å². The van der Waals surface area contributed by atoms with Gasteiger partial charge in [-0.3, -0.25) is 4.79 Å². The fraction of sp³-hybridized carbons (Fsp3) is 0.296. The Kier molecular flexibility index (Phi) is 9.60. The summed E-state index contributed by atoms with van der Waals surface area (Å²) >= 11 is 13.1. The van der Waals surface area contributed by atoms with Crippen molar-refractivity contribution in [3.05, 3.63) is 86.2 Å². The van der Waals surface area contributed by atoms with E-state index in [4.69, 9.17) is 42.1 Å². The van der Waals surface area contributed by atoms with Gasteiger partial charge >= 0.3 is 17.9 Å². The summed E-state index contributed by atoms with van der Waals surface area (Å²) in [6.45, 7) is 0. The zero-order valence-corrected chi connectivity index (χ0v) is 22.4. The van der Waals surface area contributed by atoms with E-state index < -0.39 is 23.8 Å². The van der Waals surface area contributed by atoms with Gasteiger partial charge in [0.25, 0.3) is 0 Å². The van der Waals surface area contributed by atoms with E-state index in [1.54, 1.807) is 25.3 Å². The molecular formula is C27H27Cl2NO7. The maximum absolute atomic E-state index is 13.3. The fourth-order valence-corrected chi connectivity index (χ4v) is 4.92. The number of hydrogen-bond acceptors (Lipinski definition) is 8. The minimum absolute atomic E-state index is 0.00402. The number of carbonyl (C=O) groups excluding carboxylic acids is 3. The molecule has 1 heterocycles. The number of rotatable bonds is 9. The molecule has 3 rings (SSSR count). The fourth-order valence-electron chi connectivity index (χ4n) is 4.31. The first-order valence-corrected chi connectivity index (χ1v) is 12.0. The molecule has 10 heteroatoms. The predicted octanol–water partition coefficient (Wildman–Crippen LogP) is 4.74. The lowest BCUT2D eigenvalue weighted by Crippen LogP contribution is -2.35. The first-order valence-electron chi connectivity index (χ1n) is 11.3. The summed E-state index contributed by atoms with van der Waals surface area (Å²) < 4.78 is 20.5. The van der Waals surface area contributed by atoms with Crippen molar-refractivity contribution in [2.24, 2.45) is 0 Å². The molecule has 2 aromatic rings. The summed E-state index contributed by atoms with van der Waals surface area (Å²) in [7, 11) is 5.26. The van der Waals surface area contributed by atoms with Crippen molar-refractivity contribution >= 4 is 41.1 Å². The standard InChI is InChI=1S/C27H27Cl2NO7/c1-34-20-11-6-5-8-15(20)12-13-18-23(26(32)36-3)25(22-16(28)9-7-10-17(22)29)24(27(33)37-4)19(30-18)14-21(31)35-2/h5-11,25,30H,12-14H2,1-4H3. The van der Waals surface area contributed by atoms with E-state index in [9.17, 15) is 14.4 Å². The Labute approximate surface area is 225 Å². The molecule has 1 unspecified atom stereocenters. The van der Waals surface area contributed by atoms with Crippen LogP contribution in [0, 0.1) is 0 Å². The summed E-state index contributed by atoms with van der Waals surface area (Å²) in [5.74, 6) is -2.45. The highest BCUT2D eigenvalue weighted by Crippen LogP contribution is 2.46. The molecule has 0 bridgehead atoms. The zero-order valence-electron chi connectivity index (χ0n) is 20.9. The Hall–Kier alpha value is -3.49. The van der Waals surface area contributed by atoms with E-state index in [-0.39, 0.29) is 33.3 Å². The van der Waals surface area contributed by atoms with Crippen molar-refractivity contribution in [2.75, 3.05) is 28.4 Å². The smallest absolute Gasteiger partial charge is 0.336 e. The van der Waals surface area contributed by atoms with Gasteiger partial charge in [0.05, 0.1) is 51.9 Å². The number of ether oxygens (including phenoxy) is 4. The van der Waals surface area contributed by atoms with Crippen molar-refractivity contribution < 1.29 is 33.3 Å². The maximum atomic E-state index is 13.3. The van der Waals surface area contributed by atoms with E-state index in [0.29, 0.717) is 29.9 Å². The zero-order chi connectivity index (χ0) is 27.1. The predicted molar refractivity (Wildman–Crippen MR) is 138 cm³/mol. The van der Waals surface area contributed by atoms with Crippen LogP contribution < -0.4 is 10.1 Å². The van der Waals surface area contributed by atoms with Crippen LogP contribution in [-0.2, 0) is 35.0 Å². The minimum Gasteiger partial charge on any atom is -0.496 e. The van der Waals surface area contributed by atoms with E-state index in [0.717, 1.165) is 5.56 Å². The molecule has 8 nitrogen and oxygen atoms in total. The van der Waals surface area contributed by atoms with Gasteiger partial charge in [-0.2, -0.15) is 0 Å². The Morgan fingerprint density at radius 2 is 1.38 bits per heavy atom. The number of dihydropyridines is 1. The highest BCUT2D eigenvalue weighted by molar-refractivity contribution is 6.36. The number of benzene rings is 2. The van der Waals surface area contributed by atoms with Crippen LogP contribution in [0.2, 0.25) is 10.0 Å². The van der Waals surface area contributed by atoms with Crippen LogP contribution >= 0.6 is 23.2 Å². The van der Waals surface area contributed by atoms with Crippen molar-refractivity contribution in [3.63, 3.8) is 0 Å². The molecule has 0 radical (unpaired) electrons. The van der Waals surface area contributed by atoms with Gasteiger partial charge in [0.2, 0.25) is 0 Å². The first kappa shape index (κ1) is 28.1. The second-order valence-corrected chi connectivity index (χ2v) is 8.84. The van der Waals surface area contributed by atoms with Gasteiger partial charge < -0.3 is 24.3 Å². The van der Waals surface area contributed by atoms with E-state index in [1.807, 2.05) is 24.3 Å². The molecule has 1 N–H and O–H groups in total. The lowest BCUT2D eigenvalue weighted by Gasteiger charge is -2.33. The number of methoxy groups -OCH3 is 4. The highest BCUT2D eigenvalue weighted by atomic mass is 35.5. The molecule has 1 atom stereocenters. The first-order chi connectivity index (χ1) is 17.8. The number of esters is 3. The molecule has 37 heavy (non-hydrogen) atoms. The van der Waals surface area contributed by atoms with Crippen molar-refractivity contribution in [2.45, 2.75) is 25.2 Å². The van der Waals surface area contributed by atoms with Gasteiger partial charge in [-0.05, 0) is 36.6 Å². The Morgan fingerprint density at radius 3 is 1.95 bits per heavy atom. The average molecular weight is 548 g/mol. The molecule has 0 aliphatic carbocycles. The van der Waals surface area contributed by atoms with Crippen molar-refractivity contribution in [3.8, 4) is 5.75 Å². The Bertz CT molecular complexity index is 1250. The highest BCUT2D eigenvalue weighted by Gasteiger charge is 2.41. The van der Waals surface area contributed by atoms with Gasteiger partial charge in [-0.25, -0.2) is 9.59 Å². The van der Waals surface area contributed by atoms with Crippen LogP contribution in [0.4, 0.5) is 0 Å². The molecule has 196 valence electrons. The largest absolute Gasteiger partial charge is 0.496 e. The maximum Gasteiger partial charge on any atom is 0.336 e. The third kappa shape index (κ3) is 6.09. The topological polar surface area (TPSA) is 100 Å². The van der Waals surface area contributed by atoms with Crippen LogP contribution in [0.3, 0.4) is 0 Å². The van der Waals surface area contributed by atoms with E-state index in [1.165, 1.54) is 21.3 Å². The van der Waals surface area contributed by atoms with Gasteiger partial charge in [0.15, 0.2) is 0 Å². The number of aryl methyl sites for hydroxylation is 1. The van der Waals surface area contributed by atoms with Crippen molar-refractivity contribution in [1.82, 2.24) is 5.32 Å². The molecule has 0 amide bonds. The third-order valence-electron chi connectivity index (χ3n) is 6.01. The molecule has 2 aromatic carbocycles. The van der Waals surface area contributed by atoms with Gasteiger partial charge in [-0.1, -0.05) is 47.5 Å². The molecule has 0 aromatic heterocycles. The summed E-state index contributed by atoms with van der Waals surface area (Å²) in [4.78, 5) is 38.7. The van der Waals surface area contributed by atoms with Crippen molar-refractivity contribution in [1.29, 1.82) is 0 Å². The molecular weight excluding hydrogens is 521 g/mol. The SMILES string of the molecule is COC(=O)CC1=C(C(=O)OC)C(c2c(Cl)cccc2Cl)C(C(=O)OC)=C(CCc2ccccc2OC)N1. The summed E-state index contributed by atoms with van der Waals surface area (Å²) in [5, 5.41) is 3.58. The Balaban J connectivity index is 2.27. The van der Waals surface area contributed by atoms with Gasteiger partial charge in [-0.15, -0.1) is 0 Å². The van der Waals surface area contributed by atoms with Crippen LogP contribution in [0.5, 0.6) is 5.75 Å². The van der Waals surface area contributed by atoms with Gasteiger partial charge in [0.1, 0.15) is 5.75 Å². The molecule has 1 aliphatic rings. The minimum atomic E-state index is -1.07. The molecule has 0 saturated heterocycles. The molecule has 0 saturated carbocycles. The van der Waals surface area contributed by atoms with Gasteiger partial charge in [0, 0.05) is 27.0 Å². The lowest BCUT2D eigenvalue weighted by molar-refractivity contribution is -0.139. The summed E-state index contributed by atoms with van der Waals surface area (Å²) in [6, 6.07) is 12.3. The average Bonchev–Trinajstić information content (AvgIpc) is 2.90. The number of allylic oxidation sites excluding steroid dienone is 1. The van der Waals surface area contributed by atoms with E-state index in [2.05, 4.69) is 5.32 Å². The van der Waals surface area contributed by atoms with Crippen LogP contribution in [0.15, 0.2) is 65.0 Å². The second-order valence-electron chi connectivity index (χ2n) is 8.03. The number of halogens is 2. The monoisotopic (exact) mass is 547 g/mol. The number of carbonyl (C=O) groups is 3. The number of hydrogen-bond donors (Lipinski definition) is 1. The quantitative estimate of drug-likeness (QED) is 0.355. The summed E-state index contributed by atoms with van der Waals surface area (Å²) in [5.41, 5.74) is 1.98. The summed E-state index contributed by atoms with van der Waals surface area (Å²) in [6.07, 6.45) is 0.490. The molecule has 0 fully saturated rings. The van der Waals surface area contributed by atoms with Crippen LogP contribution in [0.1, 0.15) is 29.9 Å². The Morgan fingerprint density at radius 1 is 0.784 bits per heavy atom. The normalized spacial score (nSPS) is 15.1. The molecule has 1 aliphatic heterocycles.